The molecule has 1 aromatic heterocycles. The Hall–Kier alpha value is -1.95. The summed E-state index contributed by atoms with van der Waals surface area (Å²) in [7, 11) is 0. The van der Waals surface area contributed by atoms with Gasteiger partial charge in [0.1, 0.15) is 5.82 Å². The Morgan fingerprint density at radius 3 is 2.74 bits per heavy atom. The molecule has 0 bridgehead atoms. The van der Waals surface area contributed by atoms with Gasteiger partial charge < -0.3 is 0 Å². The smallest absolute Gasteiger partial charge is 0.198 e. The summed E-state index contributed by atoms with van der Waals surface area (Å²) >= 11 is 1.27. The third-order valence-electron chi connectivity index (χ3n) is 3.90. The van der Waals surface area contributed by atoms with Gasteiger partial charge >= 0.3 is 0 Å². The predicted octanol–water partition coefficient (Wildman–Crippen LogP) is 4.07. The summed E-state index contributed by atoms with van der Waals surface area (Å²) in [6.45, 7) is 5.76. The van der Waals surface area contributed by atoms with Crippen LogP contribution < -0.4 is 0 Å². The van der Waals surface area contributed by atoms with Crippen LogP contribution in [0.5, 0.6) is 0 Å². The number of carbonyl (C=O) groups is 1. The molecule has 2 aromatic rings. The van der Waals surface area contributed by atoms with E-state index >= 15 is 0 Å². The largest absolute Gasteiger partial charge is 0.286 e. The van der Waals surface area contributed by atoms with Gasteiger partial charge in [0.15, 0.2) is 10.9 Å². The molecule has 0 spiro atoms. The molecule has 0 saturated carbocycles. The van der Waals surface area contributed by atoms with E-state index in [0.29, 0.717) is 17.1 Å². The van der Waals surface area contributed by atoms with Crippen molar-refractivity contribution in [3.8, 4) is 0 Å². The molecule has 2 atom stereocenters. The monoisotopic (exact) mass is 331 g/mol. The lowest BCUT2D eigenvalue weighted by atomic mass is 9.78. The van der Waals surface area contributed by atoms with E-state index in [9.17, 15) is 9.18 Å². The second kappa shape index (κ2) is 6.28. The van der Waals surface area contributed by atoms with Gasteiger partial charge in [-0.1, -0.05) is 43.8 Å². The quantitative estimate of drug-likeness (QED) is 0.922. The van der Waals surface area contributed by atoms with Crippen LogP contribution in [0.25, 0.3) is 0 Å². The second-order valence-corrected chi connectivity index (χ2v) is 7.47. The van der Waals surface area contributed by atoms with Crippen LogP contribution in [-0.4, -0.2) is 26.3 Å². The van der Waals surface area contributed by atoms with Gasteiger partial charge in [-0.05, 0) is 18.6 Å². The fraction of sp³-hybridized carbons (Fsp3) is 0.353. The molecule has 120 valence electrons. The van der Waals surface area contributed by atoms with E-state index in [1.165, 1.54) is 17.8 Å². The number of hydrogen-bond acceptors (Lipinski definition) is 4. The van der Waals surface area contributed by atoms with E-state index in [1.807, 2.05) is 20.8 Å². The lowest BCUT2D eigenvalue weighted by Crippen LogP contribution is -2.31. The average molecular weight is 331 g/mol. The van der Waals surface area contributed by atoms with Gasteiger partial charge in [-0.3, -0.25) is 9.89 Å². The average Bonchev–Trinajstić information content (AvgIpc) is 2.93. The van der Waals surface area contributed by atoms with Gasteiger partial charge in [0.25, 0.3) is 0 Å². The van der Waals surface area contributed by atoms with Crippen molar-refractivity contribution in [1.82, 2.24) is 10.2 Å². The summed E-state index contributed by atoms with van der Waals surface area (Å²) in [5.74, 6) is -0.591. The molecule has 0 saturated heterocycles. The number of aromatic amines is 1. The fourth-order valence-electron chi connectivity index (χ4n) is 2.96. The highest BCUT2D eigenvalue weighted by Gasteiger charge is 2.39. The Balaban J connectivity index is 2.13. The van der Waals surface area contributed by atoms with Crippen LogP contribution in [0.2, 0.25) is 0 Å². The molecule has 1 aliphatic heterocycles. The van der Waals surface area contributed by atoms with Gasteiger partial charge in [0, 0.05) is 22.4 Å². The Morgan fingerprint density at radius 2 is 2.04 bits per heavy atom. The molecular formula is C17H18FN3OS. The summed E-state index contributed by atoms with van der Waals surface area (Å²) in [5, 5.41) is 7.04. The van der Waals surface area contributed by atoms with Crippen molar-refractivity contribution in [2.24, 2.45) is 10.9 Å². The van der Waals surface area contributed by atoms with Crippen molar-refractivity contribution in [3.05, 3.63) is 47.4 Å². The number of thioether (sulfide) groups is 1. The highest BCUT2D eigenvalue weighted by molar-refractivity contribution is 8.14. The van der Waals surface area contributed by atoms with Crippen LogP contribution in [0.4, 0.5) is 10.2 Å². The van der Waals surface area contributed by atoms with Crippen LogP contribution in [0.1, 0.15) is 37.8 Å². The standard InChI is InChI=1S/C17H18FN3OS/c1-9(2)23-17(22)14-10(3)20-16-12(8-19-21-16)15(14)11-6-4-5-7-13(11)18/h4-9,14-15H,1-3H3,(H,19,21). The van der Waals surface area contributed by atoms with Gasteiger partial charge in [-0.2, -0.15) is 5.10 Å². The van der Waals surface area contributed by atoms with E-state index in [0.717, 1.165) is 5.56 Å². The molecule has 6 heteroatoms. The van der Waals surface area contributed by atoms with Crippen molar-refractivity contribution in [2.75, 3.05) is 0 Å². The molecule has 23 heavy (non-hydrogen) atoms. The van der Waals surface area contributed by atoms with Crippen LogP contribution in [0, 0.1) is 11.7 Å². The lowest BCUT2D eigenvalue weighted by Gasteiger charge is -2.29. The van der Waals surface area contributed by atoms with E-state index in [2.05, 4.69) is 15.2 Å². The zero-order chi connectivity index (χ0) is 16.6. The molecule has 4 nitrogen and oxygen atoms in total. The number of nitrogens with one attached hydrogen (secondary N) is 1. The number of halogens is 1. The first kappa shape index (κ1) is 15.9. The fourth-order valence-corrected chi connectivity index (χ4v) is 3.88. The highest BCUT2D eigenvalue weighted by atomic mass is 32.2. The minimum atomic E-state index is -0.482. The number of rotatable bonds is 3. The van der Waals surface area contributed by atoms with Gasteiger partial charge in [0.2, 0.25) is 0 Å². The molecular weight excluding hydrogens is 313 g/mol. The summed E-state index contributed by atoms with van der Waals surface area (Å²) in [4.78, 5) is 17.2. The Kier molecular flexibility index (Phi) is 4.35. The molecule has 1 aliphatic rings. The molecule has 1 N–H and O–H groups in total. The number of benzene rings is 1. The SMILES string of the molecule is CC1=Nc2[nH]ncc2C(c2ccccc2F)C1C(=O)SC(C)C. The molecule has 0 radical (unpaired) electrons. The van der Waals surface area contributed by atoms with Crippen molar-refractivity contribution in [2.45, 2.75) is 31.9 Å². The first-order valence-electron chi connectivity index (χ1n) is 7.52. The van der Waals surface area contributed by atoms with Crippen LogP contribution >= 0.6 is 11.8 Å². The molecule has 0 fully saturated rings. The van der Waals surface area contributed by atoms with E-state index in [-0.39, 0.29) is 16.2 Å². The zero-order valence-corrected chi connectivity index (χ0v) is 14.0. The van der Waals surface area contributed by atoms with Gasteiger partial charge in [0.05, 0.1) is 12.1 Å². The third-order valence-corrected chi connectivity index (χ3v) is 4.86. The maximum atomic E-state index is 14.4. The maximum Gasteiger partial charge on any atom is 0.198 e. The lowest BCUT2D eigenvalue weighted by molar-refractivity contribution is -0.113. The Morgan fingerprint density at radius 1 is 1.30 bits per heavy atom. The number of aromatic nitrogens is 2. The second-order valence-electron chi connectivity index (χ2n) is 5.89. The van der Waals surface area contributed by atoms with E-state index in [4.69, 9.17) is 0 Å². The number of nitrogens with zero attached hydrogens (tertiary/aromatic N) is 2. The van der Waals surface area contributed by atoms with Crippen molar-refractivity contribution < 1.29 is 9.18 Å². The molecule has 3 rings (SSSR count). The number of hydrogen-bond donors (Lipinski definition) is 1. The van der Waals surface area contributed by atoms with Crippen molar-refractivity contribution >= 4 is 28.4 Å². The minimum Gasteiger partial charge on any atom is -0.286 e. The third kappa shape index (κ3) is 2.95. The molecule has 2 heterocycles. The Labute approximate surface area is 138 Å². The van der Waals surface area contributed by atoms with E-state index in [1.54, 1.807) is 24.4 Å². The topological polar surface area (TPSA) is 58.1 Å². The molecule has 1 aromatic carbocycles. The minimum absolute atomic E-state index is 0.0151. The zero-order valence-electron chi connectivity index (χ0n) is 13.2. The maximum absolute atomic E-state index is 14.4. The van der Waals surface area contributed by atoms with Crippen LogP contribution in [0.3, 0.4) is 0 Å². The summed E-state index contributed by atoms with van der Waals surface area (Å²) in [6.07, 6.45) is 1.64. The number of carbonyl (C=O) groups excluding carboxylic acids is 1. The highest BCUT2D eigenvalue weighted by Crippen LogP contribution is 2.44. The van der Waals surface area contributed by atoms with Crippen LogP contribution in [0.15, 0.2) is 35.5 Å². The first-order chi connectivity index (χ1) is 11.0. The predicted molar refractivity (Wildman–Crippen MR) is 90.8 cm³/mol. The van der Waals surface area contributed by atoms with Gasteiger partial charge in [-0.15, -0.1) is 0 Å². The number of H-pyrrole nitrogens is 1. The van der Waals surface area contributed by atoms with E-state index < -0.39 is 11.8 Å². The summed E-state index contributed by atoms with van der Waals surface area (Å²) in [6, 6.07) is 6.60. The molecule has 2 unspecified atom stereocenters. The van der Waals surface area contributed by atoms with Crippen molar-refractivity contribution in [1.29, 1.82) is 0 Å². The number of aliphatic imine (C=N–C) groups is 1. The normalized spacial score (nSPS) is 20.3. The molecule has 0 aliphatic carbocycles. The van der Waals surface area contributed by atoms with Crippen LogP contribution in [-0.2, 0) is 4.79 Å². The first-order valence-corrected chi connectivity index (χ1v) is 8.40. The number of fused-ring (bicyclic) bond motifs is 1. The molecule has 0 amide bonds. The summed E-state index contributed by atoms with van der Waals surface area (Å²) in [5.41, 5.74) is 1.96. The van der Waals surface area contributed by atoms with Gasteiger partial charge in [-0.25, -0.2) is 9.38 Å². The Bertz CT molecular complexity index is 769. The van der Waals surface area contributed by atoms with Crippen molar-refractivity contribution in [3.63, 3.8) is 0 Å². The summed E-state index contributed by atoms with van der Waals surface area (Å²) < 4.78 is 14.4.